The van der Waals surface area contributed by atoms with Gasteiger partial charge >= 0.3 is 0 Å². The Kier molecular flexibility index (Phi) is 62.3. The van der Waals surface area contributed by atoms with Crippen LogP contribution < -0.4 is 28.4 Å². The van der Waals surface area contributed by atoms with Gasteiger partial charge in [-0.25, -0.2) is 0 Å². The van der Waals surface area contributed by atoms with E-state index in [0.717, 1.165) is 77.0 Å². The molecule has 0 spiro atoms. The summed E-state index contributed by atoms with van der Waals surface area (Å²) in [5, 5.41) is 12.3. The number of allylic oxidation sites excluding steroid dienone is 1. The molecule has 552 valence electrons. The number of ether oxygens (including phenoxy) is 6. The summed E-state index contributed by atoms with van der Waals surface area (Å²) in [5.41, 5.74) is 0.859. The third kappa shape index (κ3) is 50.4. The monoisotopic (exact) mass is 1330 g/mol. The second-order valence-electron chi connectivity index (χ2n) is 28.7. The highest BCUT2D eigenvalue weighted by Gasteiger charge is 2.22. The van der Waals surface area contributed by atoms with Crippen molar-refractivity contribution in [1.29, 1.82) is 0 Å². The van der Waals surface area contributed by atoms with Crippen molar-refractivity contribution in [2.24, 2.45) is 0 Å². The third-order valence-corrected chi connectivity index (χ3v) is 19.4. The van der Waals surface area contributed by atoms with Gasteiger partial charge in [-0.1, -0.05) is 388 Å². The van der Waals surface area contributed by atoms with Gasteiger partial charge in [0.15, 0.2) is 28.8 Å². The van der Waals surface area contributed by atoms with E-state index in [1.807, 2.05) is 24.3 Å². The molecule has 0 aliphatic rings. The van der Waals surface area contributed by atoms with Gasteiger partial charge in [-0.3, -0.25) is 4.79 Å². The van der Waals surface area contributed by atoms with Crippen molar-refractivity contribution >= 4 is 11.5 Å². The molecule has 0 saturated carbocycles. The predicted molar refractivity (Wildman–Crippen MR) is 412 cm³/mol. The van der Waals surface area contributed by atoms with Gasteiger partial charge < -0.3 is 33.5 Å². The Morgan fingerprint density at radius 1 is 0.242 bits per heavy atom. The third-order valence-electron chi connectivity index (χ3n) is 19.4. The van der Waals surface area contributed by atoms with Crippen molar-refractivity contribution in [3.63, 3.8) is 0 Å². The minimum Gasteiger partial charge on any atom is -0.507 e. The van der Waals surface area contributed by atoms with Crippen LogP contribution in [0.15, 0.2) is 30.3 Å². The molecule has 0 bridgehead atoms. The summed E-state index contributed by atoms with van der Waals surface area (Å²) in [6, 6.07) is 7.39. The van der Waals surface area contributed by atoms with Gasteiger partial charge in [0.1, 0.15) is 5.76 Å². The smallest absolute Gasteiger partial charge is 0.203 e. The number of aliphatic hydroxyl groups is 1. The van der Waals surface area contributed by atoms with E-state index in [1.54, 1.807) is 0 Å². The maximum Gasteiger partial charge on any atom is 0.203 e. The van der Waals surface area contributed by atoms with Crippen molar-refractivity contribution in [2.45, 2.75) is 427 Å². The van der Waals surface area contributed by atoms with E-state index in [-0.39, 0.29) is 11.5 Å². The number of unbranched alkanes of at least 4 members (excludes halogenated alkanes) is 54. The minimum atomic E-state index is -0.335. The fraction of sp³-hybridized carbons (Fsp3) is 0.828. The van der Waals surface area contributed by atoms with Crippen molar-refractivity contribution in [2.75, 3.05) is 39.6 Å². The Bertz CT molecular complexity index is 1920. The molecule has 2 aromatic rings. The molecule has 0 heterocycles. The Morgan fingerprint density at radius 3 is 0.589 bits per heavy atom. The van der Waals surface area contributed by atoms with Crippen LogP contribution in [0.3, 0.4) is 0 Å². The Balaban J connectivity index is 2.56. The number of hydrogen-bond donors (Lipinski definition) is 1. The molecule has 8 heteroatoms. The number of carbonyl (C=O) groups is 1. The van der Waals surface area contributed by atoms with Gasteiger partial charge in [-0.05, 0) is 62.8 Å². The quantitative estimate of drug-likeness (QED) is 0.0303. The number of ketones is 1. The first kappa shape index (κ1) is 87.5. The molecule has 0 aliphatic heterocycles. The maximum atomic E-state index is 14.9. The molecule has 95 heavy (non-hydrogen) atoms. The SMILES string of the molecule is CCCCCCCCCCCCOc1cc(C(=O)/C=C(\O)c2cc(OCCCCCCCCCCCC)c(OCCCCCCCCCCCC)c(OCCCCCCCCCCCC)c2)cc(OCCCCCCCCCCCC)c1OCCCCCCCCCCCC. The Labute approximate surface area is 589 Å². The first-order valence-corrected chi connectivity index (χ1v) is 42.0. The molecule has 0 radical (unpaired) electrons. The zero-order chi connectivity index (χ0) is 68.2. The highest BCUT2D eigenvalue weighted by Crippen LogP contribution is 2.43. The summed E-state index contributed by atoms with van der Waals surface area (Å²) in [6.07, 6.45) is 76.1. The number of aliphatic hydroxyl groups excluding tert-OH is 1. The Hall–Kier alpha value is -3.55. The highest BCUT2D eigenvalue weighted by molar-refractivity contribution is 6.08. The summed E-state index contributed by atoms with van der Waals surface area (Å²) in [4.78, 5) is 14.9. The van der Waals surface area contributed by atoms with E-state index >= 15 is 0 Å². The van der Waals surface area contributed by atoms with Gasteiger partial charge in [0.2, 0.25) is 11.5 Å². The van der Waals surface area contributed by atoms with Crippen LogP contribution in [0.1, 0.15) is 443 Å². The van der Waals surface area contributed by atoms with Crippen molar-refractivity contribution in [3.8, 4) is 34.5 Å². The molecule has 8 nitrogen and oxygen atoms in total. The first-order chi connectivity index (χ1) is 46.9. The molecule has 0 saturated heterocycles. The average Bonchev–Trinajstić information content (AvgIpc) is 0.826. The number of carbonyl (C=O) groups excluding carboxylic acids is 1. The van der Waals surface area contributed by atoms with Gasteiger partial charge in [0, 0.05) is 17.2 Å². The van der Waals surface area contributed by atoms with E-state index in [2.05, 4.69) is 41.5 Å². The summed E-state index contributed by atoms with van der Waals surface area (Å²) in [5.74, 6) is 2.91. The van der Waals surface area contributed by atoms with Crippen LogP contribution in [0, 0.1) is 0 Å². The summed E-state index contributed by atoms with van der Waals surface area (Å²) in [6.45, 7) is 16.9. The summed E-state index contributed by atoms with van der Waals surface area (Å²) >= 11 is 0. The van der Waals surface area contributed by atoms with Gasteiger partial charge in [-0.2, -0.15) is 0 Å². The van der Waals surface area contributed by atoms with Crippen LogP contribution >= 0.6 is 0 Å². The van der Waals surface area contributed by atoms with Gasteiger partial charge in [0.05, 0.1) is 39.6 Å². The van der Waals surface area contributed by atoms with E-state index in [1.165, 1.54) is 314 Å². The van der Waals surface area contributed by atoms with Crippen LogP contribution in [0.25, 0.3) is 5.76 Å². The summed E-state index contributed by atoms with van der Waals surface area (Å²) < 4.78 is 40.3. The van der Waals surface area contributed by atoms with Crippen LogP contribution in [0.5, 0.6) is 34.5 Å². The largest absolute Gasteiger partial charge is 0.507 e. The molecule has 2 aromatic carbocycles. The molecule has 0 amide bonds. The van der Waals surface area contributed by atoms with Crippen LogP contribution in [0.2, 0.25) is 0 Å². The molecule has 0 aromatic heterocycles. The van der Waals surface area contributed by atoms with Crippen molar-refractivity contribution < 1.29 is 38.3 Å². The maximum absolute atomic E-state index is 14.9. The van der Waals surface area contributed by atoms with Crippen LogP contribution in [0.4, 0.5) is 0 Å². The predicted octanol–water partition coefficient (Wildman–Crippen LogP) is 29.3. The lowest BCUT2D eigenvalue weighted by atomic mass is 10.1. The summed E-state index contributed by atoms with van der Waals surface area (Å²) in [7, 11) is 0. The molecular formula is C87H156O8. The zero-order valence-electron chi connectivity index (χ0n) is 63.9. The fourth-order valence-electron chi connectivity index (χ4n) is 13.1. The minimum absolute atomic E-state index is 0.147. The second-order valence-corrected chi connectivity index (χ2v) is 28.7. The lowest BCUT2D eigenvalue weighted by Crippen LogP contribution is -2.09. The molecular weight excluding hydrogens is 1170 g/mol. The second kappa shape index (κ2) is 67.6. The molecule has 0 unspecified atom stereocenters. The highest BCUT2D eigenvalue weighted by atomic mass is 16.5. The topological polar surface area (TPSA) is 92.7 Å². The number of rotatable bonds is 75. The van der Waals surface area contributed by atoms with E-state index < -0.39 is 0 Å². The normalized spacial score (nSPS) is 11.7. The standard InChI is InChI=1S/C87H156O8/c1-7-13-19-25-31-37-43-49-55-61-67-90-82-73-78(74-83(91-68-62-56-50-44-38-32-26-20-14-8-2)86(82)94-71-65-59-53-47-41-35-29-23-17-11-5)80(88)77-81(89)79-75-84(92-69-63-57-51-45-39-33-27-21-15-9-3)87(95-72-66-60-54-48-42-36-30-24-18-12-6)85(76-79)93-70-64-58-52-46-40-34-28-22-16-10-4/h73-77,88H,7-72H2,1-6H3/b80-77-. The van der Waals surface area contributed by atoms with E-state index in [4.69, 9.17) is 28.4 Å². The van der Waals surface area contributed by atoms with E-state index in [9.17, 15) is 9.90 Å². The van der Waals surface area contributed by atoms with Crippen molar-refractivity contribution in [3.05, 3.63) is 41.5 Å². The van der Waals surface area contributed by atoms with Gasteiger partial charge in [0.25, 0.3) is 0 Å². The Morgan fingerprint density at radius 2 is 0.400 bits per heavy atom. The molecule has 0 atom stereocenters. The number of hydrogen-bond acceptors (Lipinski definition) is 8. The lowest BCUT2D eigenvalue weighted by Gasteiger charge is -2.19. The molecule has 1 N–H and O–H groups in total. The van der Waals surface area contributed by atoms with Crippen LogP contribution in [-0.2, 0) is 0 Å². The molecule has 0 fully saturated rings. The van der Waals surface area contributed by atoms with E-state index in [0.29, 0.717) is 85.3 Å². The van der Waals surface area contributed by atoms with Crippen molar-refractivity contribution in [1.82, 2.24) is 0 Å². The lowest BCUT2D eigenvalue weighted by molar-refractivity contribution is 0.104. The molecule has 0 aliphatic carbocycles. The fourth-order valence-corrected chi connectivity index (χ4v) is 13.1. The van der Waals surface area contributed by atoms with Crippen LogP contribution in [-0.4, -0.2) is 50.5 Å². The number of benzene rings is 2. The average molecular weight is 1330 g/mol. The first-order valence-electron chi connectivity index (χ1n) is 42.0. The van der Waals surface area contributed by atoms with Gasteiger partial charge in [-0.15, -0.1) is 0 Å². The zero-order valence-corrected chi connectivity index (χ0v) is 63.9. The molecule has 2 rings (SSSR count).